The number of hydrogen-bond acceptors (Lipinski definition) is 3. The Morgan fingerprint density at radius 2 is 0.835 bits per heavy atom. The van der Waals surface area contributed by atoms with Gasteiger partial charge in [-0.1, -0.05) is 248 Å². The third-order valence-corrected chi connectivity index (χ3v) is 17.5. The molecule has 0 bridgehead atoms. The van der Waals surface area contributed by atoms with Gasteiger partial charge in [0.05, 0.1) is 22.2 Å². The Bertz CT molecular complexity index is 4330. The van der Waals surface area contributed by atoms with Crippen LogP contribution in [0.5, 0.6) is 11.5 Å². The summed E-state index contributed by atoms with van der Waals surface area (Å²) >= 11 is 0. The van der Waals surface area contributed by atoms with Gasteiger partial charge < -0.3 is 14.1 Å². The minimum Gasteiger partial charge on any atom is -0.456 e. The second-order valence-corrected chi connectivity index (χ2v) is 23.9. The minimum absolute atomic E-state index is 0.0947. The van der Waals surface area contributed by atoms with E-state index in [9.17, 15) is 0 Å². The van der Waals surface area contributed by atoms with Crippen molar-refractivity contribution in [3.8, 4) is 44.9 Å². The fourth-order valence-corrected chi connectivity index (χ4v) is 13.9. The summed E-state index contributed by atoms with van der Waals surface area (Å²) in [4.78, 5) is 2.49. The Kier molecular flexibility index (Phi) is 10.2. The number of rotatable bonds is 6. The van der Waals surface area contributed by atoms with Gasteiger partial charge in [-0.2, -0.15) is 0 Å². The predicted molar refractivity (Wildman–Crippen MR) is 326 cm³/mol. The van der Waals surface area contributed by atoms with Crippen molar-refractivity contribution in [3.05, 3.63) is 304 Å². The van der Waals surface area contributed by atoms with Gasteiger partial charge in [0.2, 0.25) is 0 Å². The van der Waals surface area contributed by atoms with E-state index in [1.807, 2.05) is 0 Å². The van der Waals surface area contributed by atoms with Crippen LogP contribution in [-0.2, 0) is 21.7 Å². The summed E-state index contributed by atoms with van der Waals surface area (Å²) in [5.41, 5.74) is 22.7. The molecule has 380 valence electrons. The molecular formula is C76H59NO2. The highest BCUT2D eigenvalue weighted by Gasteiger charge is 2.53. The molecule has 79 heavy (non-hydrogen) atoms. The maximum Gasteiger partial charge on any atom is 0.156 e. The first kappa shape index (κ1) is 47.1. The first-order valence-electron chi connectivity index (χ1n) is 27.8. The van der Waals surface area contributed by atoms with Crippen LogP contribution >= 0.6 is 0 Å². The molecule has 0 fully saturated rings. The highest BCUT2D eigenvalue weighted by Crippen LogP contribution is 2.65. The van der Waals surface area contributed by atoms with Gasteiger partial charge in [-0.25, -0.2) is 0 Å². The molecule has 0 saturated heterocycles. The number of ether oxygens (including phenoxy) is 1. The Hall–Kier alpha value is -9.18. The molecule has 0 saturated carbocycles. The molecule has 2 heterocycles. The zero-order valence-corrected chi connectivity index (χ0v) is 45.4. The summed E-state index contributed by atoms with van der Waals surface area (Å²) in [6.45, 7) is 14.0. The normalized spacial score (nSPS) is 14.3. The molecule has 11 aromatic carbocycles. The summed E-state index contributed by atoms with van der Waals surface area (Å²) in [5.74, 6) is 1.67. The molecule has 1 aromatic heterocycles. The molecule has 0 unspecified atom stereocenters. The number of anilines is 3. The molecule has 3 aliphatic rings. The first-order valence-corrected chi connectivity index (χ1v) is 27.8. The van der Waals surface area contributed by atoms with Gasteiger partial charge in [0, 0.05) is 33.2 Å². The predicted octanol–water partition coefficient (Wildman–Crippen LogP) is 20.1. The molecule has 0 N–H and O–H groups in total. The Labute approximate surface area is 463 Å². The fourth-order valence-electron chi connectivity index (χ4n) is 13.9. The van der Waals surface area contributed by atoms with Crippen molar-refractivity contribution in [1.29, 1.82) is 0 Å². The van der Waals surface area contributed by atoms with Crippen LogP contribution in [-0.4, -0.2) is 0 Å². The van der Waals surface area contributed by atoms with E-state index in [2.05, 4.69) is 295 Å². The third kappa shape index (κ3) is 6.72. The van der Waals surface area contributed by atoms with Gasteiger partial charge in [-0.3, -0.25) is 0 Å². The molecule has 2 aliphatic carbocycles. The van der Waals surface area contributed by atoms with Crippen LogP contribution in [0.3, 0.4) is 0 Å². The second-order valence-electron chi connectivity index (χ2n) is 23.9. The minimum atomic E-state index is -0.727. The largest absolute Gasteiger partial charge is 0.456 e. The SMILES string of the molecule is CC(C)(C)c1ccc2c(c1)C1(c3ccccc3Oc3c(N(c4ccc5c(c4)C(c4ccccc4)(c4ccccc4)c4ccccc4-5)c4ccccc4-c4cccc5oc6ccccc6c45)cccc31)c1cc(C(C)(C)C)ccc1-2. The lowest BCUT2D eigenvalue weighted by Gasteiger charge is -2.42. The van der Waals surface area contributed by atoms with Crippen LogP contribution in [0, 0.1) is 0 Å². The topological polar surface area (TPSA) is 25.6 Å². The quantitative estimate of drug-likeness (QED) is 0.166. The molecule has 1 spiro atoms. The highest BCUT2D eigenvalue weighted by atomic mass is 16.5. The van der Waals surface area contributed by atoms with Crippen LogP contribution < -0.4 is 9.64 Å². The summed E-state index contributed by atoms with van der Waals surface area (Å²) < 4.78 is 14.3. The zero-order valence-electron chi connectivity index (χ0n) is 45.4. The van der Waals surface area contributed by atoms with Crippen LogP contribution in [0.2, 0.25) is 0 Å². The van der Waals surface area contributed by atoms with E-state index in [4.69, 9.17) is 9.15 Å². The molecule has 3 nitrogen and oxygen atoms in total. The van der Waals surface area contributed by atoms with Crippen molar-refractivity contribution >= 4 is 39.0 Å². The van der Waals surface area contributed by atoms with E-state index in [1.54, 1.807) is 0 Å². The number of benzene rings is 11. The lowest BCUT2D eigenvalue weighted by atomic mass is 9.64. The van der Waals surface area contributed by atoms with Crippen molar-refractivity contribution in [2.24, 2.45) is 0 Å². The lowest BCUT2D eigenvalue weighted by Crippen LogP contribution is -2.33. The van der Waals surface area contributed by atoms with Crippen LogP contribution in [0.25, 0.3) is 55.3 Å². The van der Waals surface area contributed by atoms with E-state index in [0.717, 1.165) is 72.8 Å². The average molecular weight is 1020 g/mol. The highest BCUT2D eigenvalue weighted by molar-refractivity contribution is 6.14. The molecule has 0 amide bonds. The van der Waals surface area contributed by atoms with Gasteiger partial charge in [0.25, 0.3) is 0 Å². The van der Waals surface area contributed by atoms with Gasteiger partial charge in [0.15, 0.2) is 5.75 Å². The van der Waals surface area contributed by atoms with E-state index in [-0.39, 0.29) is 10.8 Å². The van der Waals surface area contributed by atoms with E-state index in [1.165, 1.54) is 66.8 Å². The van der Waals surface area contributed by atoms with Crippen molar-refractivity contribution in [1.82, 2.24) is 0 Å². The summed E-state index contributed by atoms with van der Waals surface area (Å²) in [5, 5.41) is 2.17. The Morgan fingerprint density at radius 1 is 0.342 bits per heavy atom. The summed E-state index contributed by atoms with van der Waals surface area (Å²) in [6.07, 6.45) is 0. The van der Waals surface area contributed by atoms with Gasteiger partial charge in [0.1, 0.15) is 16.9 Å². The maximum atomic E-state index is 7.67. The van der Waals surface area contributed by atoms with E-state index >= 15 is 0 Å². The van der Waals surface area contributed by atoms with Crippen molar-refractivity contribution < 1.29 is 9.15 Å². The Morgan fingerprint density at radius 3 is 1.52 bits per heavy atom. The molecule has 15 rings (SSSR count). The molecule has 12 aromatic rings. The van der Waals surface area contributed by atoms with Crippen LogP contribution in [0.4, 0.5) is 17.1 Å². The summed E-state index contributed by atoms with van der Waals surface area (Å²) in [6, 6.07) is 92.4. The number of hydrogen-bond donors (Lipinski definition) is 0. The monoisotopic (exact) mass is 1020 g/mol. The molecule has 0 atom stereocenters. The van der Waals surface area contributed by atoms with E-state index < -0.39 is 10.8 Å². The maximum absolute atomic E-state index is 7.67. The number of nitrogens with zero attached hydrogens (tertiary/aromatic N) is 1. The number of para-hydroxylation sites is 4. The molecule has 1 aliphatic heterocycles. The van der Waals surface area contributed by atoms with E-state index in [0.29, 0.717) is 0 Å². The average Bonchev–Trinajstić information content (AvgIpc) is 3.38. The smallest absolute Gasteiger partial charge is 0.156 e. The standard InChI is InChI=1S/C76H59NO2/c1-73(2,3)50-39-42-54-55-43-40-51(74(4,5)6)46-64(55)76(63(54)45-50)61-32-17-20-37-69(61)79-72-62(76)33-22-35-67(72)77(66-34-18-14-28-57(66)58-30-21-38-70-71(58)59-29-15-19-36-68(59)78-70)52-41-44-56-53-27-13-16-31-60(53)75(65(56)47-52,48-23-9-7-10-24-48)49-25-11-8-12-26-49/h7-47H,1-6H3. The molecule has 0 radical (unpaired) electrons. The Balaban J connectivity index is 1.07. The molecule has 3 heteroatoms. The zero-order chi connectivity index (χ0) is 53.4. The van der Waals surface area contributed by atoms with Crippen LogP contribution in [0.1, 0.15) is 97.2 Å². The van der Waals surface area contributed by atoms with Crippen molar-refractivity contribution in [2.75, 3.05) is 4.90 Å². The second kappa shape index (κ2) is 17.2. The van der Waals surface area contributed by atoms with Crippen molar-refractivity contribution in [2.45, 2.75) is 63.2 Å². The fraction of sp³-hybridized carbons (Fsp3) is 0.132. The lowest BCUT2D eigenvalue weighted by molar-refractivity contribution is 0.437. The van der Waals surface area contributed by atoms with Gasteiger partial charge in [-0.05, 0) is 126 Å². The van der Waals surface area contributed by atoms with Crippen molar-refractivity contribution in [3.63, 3.8) is 0 Å². The van der Waals surface area contributed by atoms with Gasteiger partial charge >= 0.3 is 0 Å². The van der Waals surface area contributed by atoms with Crippen LogP contribution in [0.15, 0.2) is 253 Å². The molecular weight excluding hydrogens is 959 g/mol. The van der Waals surface area contributed by atoms with Gasteiger partial charge in [-0.15, -0.1) is 0 Å². The number of fused-ring (bicyclic) bond motifs is 15. The first-order chi connectivity index (χ1) is 38.5. The number of furan rings is 1. The summed E-state index contributed by atoms with van der Waals surface area (Å²) in [7, 11) is 0. The third-order valence-electron chi connectivity index (χ3n) is 17.5.